The molecule has 5 heteroatoms. The predicted molar refractivity (Wildman–Crippen MR) is 65.2 cm³/mol. The summed E-state index contributed by atoms with van der Waals surface area (Å²) in [5.41, 5.74) is 0. The molecule has 0 radical (unpaired) electrons. The van der Waals surface area contributed by atoms with E-state index in [4.69, 9.17) is 0 Å². The molecule has 0 aromatic carbocycles. The number of rotatable bonds is 3. The molecule has 1 saturated carbocycles. The zero-order valence-corrected chi connectivity index (χ0v) is 10.6. The third-order valence-corrected chi connectivity index (χ3v) is 6.80. The lowest BCUT2D eigenvalue weighted by molar-refractivity contribution is 0.472. The van der Waals surface area contributed by atoms with Crippen molar-refractivity contribution in [2.24, 2.45) is 0 Å². The van der Waals surface area contributed by atoms with E-state index in [2.05, 4.69) is 11.4 Å². The Balaban J connectivity index is 1.74. The van der Waals surface area contributed by atoms with Crippen LogP contribution in [0, 0.1) is 0 Å². The van der Waals surface area contributed by atoms with Crippen LogP contribution in [0.1, 0.15) is 30.1 Å². The predicted octanol–water partition coefficient (Wildman–Crippen LogP) is 2.03. The molecule has 2 heterocycles. The van der Waals surface area contributed by atoms with Gasteiger partial charge in [0, 0.05) is 23.9 Å². The Bertz CT molecular complexity index is 462. The zero-order valence-electron chi connectivity index (χ0n) is 9.00. The van der Waals surface area contributed by atoms with Crippen LogP contribution in [-0.4, -0.2) is 31.1 Å². The van der Waals surface area contributed by atoms with E-state index in [1.807, 2.05) is 6.07 Å². The van der Waals surface area contributed by atoms with E-state index in [-0.39, 0.29) is 5.25 Å². The fraction of sp³-hybridized carbons (Fsp3) is 0.636. The van der Waals surface area contributed by atoms with Gasteiger partial charge in [-0.1, -0.05) is 6.07 Å². The van der Waals surface area contributed by atoms with Gasteiger partial charge < -0.3 is 0 Å². The van der Waals surface area contributed by atoms with Crippen molar-refractivity contribution < 1.29 is 8.42 Å². The molecular weight excluding hydrogens is 242 g/mol. The number of nitrogens with zero attached hydrogens (tertiary/aromatic N) is 1. The van der Waals surface area contributed by atoms with Gasteiger partial charge in [-0.15, -0.1) is 11.3 Å². The number of hydrogen-bond acceptors (Lipinski definition) is 3. The summed E-state index contributed by atoms with van der Waals surface area (Å²) in [4.78, 5) is 1.33. The van der Waals surface area contributed by atoms with Crippen LogP contribution in [0.3, 0.4) is 0 Å². The molecule has 0 N–H and O–H groups in total. The Hall–Kier alpha value is -0.390. The number of sulfonamides is 1. The molecule has 1 saturated heterocycles. The SMILES string of the molecule is O=S(=O)(C1CC1)N1CCC(c2cccs2)C1. The summed E-state index contributed by atoms with van der Waals surface area (Å²) in [6, 6.07) is 4.15. The number of hydrogen-bond donors (Lipinski definition) is 0. The molecule has 1 aromatic rings. The van der Waals surface area contributed by atoms with E-state index >= 15 is 0 Å². The van der Waals surface area contributed by atoms with Crippen molar-refractivity contribution in [1.82, 2.24) is 4.31 Å². The van der Waals surface area contributed by atoms with Gasteiger partial charge in [0.25, 0.3) is 0 Å². The minimum atomic E-state index is -2.95. The zero-order chi connectivity index (χ0) is 11.2. The minimum Gasteiger partial charge on any atom is -0.212 e. The van der Waals surface area contributed by atoms with Gasteiger partial charge in [0.05, 0.1) is 5.25 Å². The first-order chi connectivity index (χ1) is 7.68. The van der Waals surface area contributed by atoms with E-state index in [0.717, 1.165) is 19.3 Å². The third kappa shape index (κ3) is 1.81. The van der Waals surface area contributed by atoms with Gasteiger partial charge in [0.1, 0.15) is 0 Å². The van der Waals surface area contributed by atoms with Crippen molar-refractivity contribution >= 4 is 21.4 Å². The molecule has 0 spiro atoms. The summed E-state index contributed by atoms with van der Waals surface area (Å²) < 4.78 is 25.8. The average Bonchev–Trinajstić information content (AvgIpc) is 2.82. The Morgan fingerprint density at radius 1 is 1.31 bits per heavy atom. The van der Waals surface area contributed by atoms with Crippen molar-refractivity contribution in [3.63, 3.8) is 0 Å². The molecule has 16 heavy (non-hydrogen) atoms. The average molecular weight is 257 g/mol. The second-order valence-electron chi connectivity index (χ2n) is 4.60. The smallest absolute Gasteiger partial charge is 0.212 e. The summed E-state index contributed by atoms with van der Waals surface area (Å²) >= 11 is 1.74. The highest BCUT2D eigenvalue weighted by atomic mass is 32.2. The molecule has 3 nitrogen and oxygen atoms in total. The Kier molecular flexibility index (Phi) is 2.57. The minimum absolute atomic E-state index is 0.0606. The van der Waals surface area contributed by atoms with Gasteiger partial charge in [-0.05, 0) is 30.7 Å². The van der Waals surface area contributed by atoms with Crippen LogP contribution in [0.25, 0.3) is 0 Å². The first kappa shape index (κ1) is 10.7. The second-order valence-corrected chi connectivity index (χ2v) is 7.80. The maximum absolute atomic E-state index is 12.0. The van der Waals surface area contributed by atoms with E-state index < -0.39 is 10.0 Å². The monoisotopic (exact) mass is 257 g/mol. The number of thiophene rings is 1. The van der Waals surface area contributed by atoms with Crippen LogP contribution in [0.15, 0.2) is 17.5 Å². The van der Waals surface area contributed by atoms with Crippen molar-refractivity contribution in [3.05, 3.63) is 22.4 Å². The first-order valence-corrected chi connectivity index (χ1v) is 8.08. The largest absolute Gasteiger partial charge is 0.217 e. The summed E-state index contributed by atoms with van der Waals surface area (Å²) in [5.74, 6) is 0.425. The molecule has 0 bridgehead atoms. The Morgan fingerprint density at radius 2 is 2.12 bits per heavy atom. The van der Waals surface area contributed by atoms with Crippen LogP contribution in [0.5, 0.6) is 0 Å². The quantitative estimate of drug-likeness (QED) is 0.831. The van der Waals surface area contributed by atoms with Crippen molar-refractivity contribution in [3.8, 4) is 0 Å². The molecule has 3 rings (SSSR count). The van der Waals surface area contributed by atoms with E-state index in [0.29, 0.717) is 19.0 Å². The molecular formula is C11H15NO2S2. The summed E-state index contributed by atoms with van der Waals surface area (Å²) in [5, 5.41) is 2.00. The molecule has 1 aliphatic heterocycles. The molecule has 1 aliphatic carbocycles. The van der Waals surface area contributed by atoms with Crippen molar-refractivity contribution in [2.75, 3.05) is 13.1 Å². The van der Waals surface area contributed by atoms with Crippen molar-refractivity contribution in [1.29, 1.82) is 0 Å². The topological polar surface area (TPSA) is 37.4 Å². The van der Waals surface area contributed by atoms with Gasteiger partial charge >= 0.3 is 0 Å². The van der Waals surface area contributed by atoms with Crippen LogP contribution in [0.4, 0.5) is 0 Å². The Labute approximate surface area is 100 Å². The normalized spacial score (nSPS) is 27.4. The fourth-order valence-corrected chi connectivity index (χ4v) is 5.05. The highest BCUT2D eigenvalue weighted by Gasteiger charge is 2.42. The molecule has 1 unspecified atom stereocenters. The van der Waals surface area contributed by atoms with Gasteiger partial charge in [-0.3, -0.25) is 0 Å². The highest BCUT2D eigenvalue weighted by Crippen LogP contribution is 2.37. The van der Waals surface area contributed by atoms with E-state index in [1.54, 1.807) is 15.6 Å². The summed E-state index contributed by atoms with van der Waals surface area (Å²) in [6.45, 7) is 1.40. The fourth-order valence-electron chi connectivity index (χ4n) is 2.29. The molecule has 88 valence electrons. The van der Waals surface area contributed by atoms with Gasteiger partial charge in [0.2, 0.25) is 10.0 Å². The maximum Gasteiger partial charge on any atom is 0.217 e. The second kappa shape index (κ2) is 3.82. The van der Waals surface area contributed by atoms with Crippen LogP contribution >= 0.6 is 11.3 Å². The maximum atomic E-state index is 12.0. The highest BCUT2D eigenvalue weighted by molar-refractivity contribution is 7.90. The molecule has 2 fully saturated rings. The van der Waals surface area contributed by atoms with Crippen LogP contribution in [-0.2, 0) is 10.0 Å². The van der Waals surface area contributed by atoms with Crippen molar-refractivity contribution in [2.45, 2.75) is 30.4 Å². The standard InChI is InChI=1S/C11H15NO2S2/c13-16(14,10-3-4-10)12-6-5-9(8-12)11-2-1-7-15-11/h1-2,7,9-10H,3-6,8H2. The van der Waals surface area contributed by atoms with Crippen LogP contribution in [0.2, 0.25) is 0 Å². The summed E-state index contributed by atoms with van der Waals surface area (Å²) in [7, 11) is -2.95. The third-order valence-electron chi connectivity index (χ3n) is 3.40. The first-order valence-electron chi connectivity index (χ1n) is 5.70. The molecule has 0 amide bonds. The lowest BCUT2D eigenvalue weighted by Crippen LogP contribution is -2.31. The van der Waals surface area contributed by atoms with Crippen LogP contribution < -0.4 is 0 Å². The lowest BCUT2D eigenvalue weighted by atomic mass is 10.1. The van der Waals surface area contributed by atoms with E-state index in [9.17, 15) is 8.42 Å². The molecule has 2 aliphatic rings. The lowest BCUT2D eigenvalue weighted by Gasteiger charge is -2.15. The summed E-state index contributed by atoms with van der Waals surface area (Å²) in [6.07, 6.45) is 2.71. The van der Waals surface area contributed by atoms with Gasteiger partial charge in [-0.25, -0.2) is 12.7 Å². The molecule has 1 atom stereocenters. The van der Waals surface area contributed by atoms with E-state index in [1.165, 1.54) is 4.88 Å². The van der Waals surface area contributed by atoms with Gasteiger partial charge in [-0.2, -0.15) is 0 Å². The van der Waals surface area contributed by atoms with Gasteiger partial charge in [0.15, 0.2) is 0 Å². The molecule has 1 aromatic heterocycles. The Morgan fingerprint density at radius 3 is 2.75 bits per heavy atom.